The molecule has 102 valence electrons. The standard InChI is InChI=1S/C11H12ClN3O3S/c1-7-13-10(6-15(7)2)19(17,18)14-9-5-3-4-8(12)11(9)16/h3-6,14,16H,1-2H3. The van der Waals surface area contributed by atoms with Crippen molar-refractivity contribution in [2.75, 3.05) is 4.72 Å². The van der Waals surface area contributed by atoms with E-state index in [1.54, 1.807) is 18.5 Å². The number of nitrogens with one attached hydrogen (secondary N) is 1. The molecule has 0 amide bonds. The van der Waals surface area contributed by atoms with Gasteiger partial charge >= 0.3 is 0 Å². The van der Waals surface area contributed by atoms with Crippen LogP contribution in [0, 0.1) is 6.92 Å². The van der Waals surface area contributed by atoms with Crippen molar-refractivity contribution in [3.8, 4) is 5.75 Å². The maximum absolute atomic E-state index is 12.1. The number of aromatic nitrogens is 2. The molecule has 0 atom stereocenters. The van der Waals surface area contributed by atoms with E-state index < -0.39 is 10.0 Å². The van der Waals surface area contributed by atoms with Gasteiger partial charge in [-0.05, 0) is 19.1 Å². The maximum Gasteiger partial charge on any atom is 0.281 e. The molecule has 0 bridgehead atoms. The molecule has 19 heavy (non-hydrogen) atoms. The summed E-state index contributed by atoms with van der Waals surface area (Å²) in [6.45, 7) is 1.69. The van der Waals surface area contributed by atoms with Gasteiger partial charge in [0.1, 0.15) is 5.82 Å². The van der Waals surface area contributed by atoms with Gasteiger partial charge in [-0.1, -0.05) is 17.7 Å². The second-order valence-corrected chi connectivity index (χ2v) is 6.02. The number of nitrogens with zero attached hydrogens (tertiary/aromatic N) is 2. The van der Waals surface area contributed by atoms with Gasteiger partial charge in [-0.3, -0.25) is 4.72 Å². The summed E-state index contributed by atoms with van der Waals surface area (Å²) >= 11 is 5.71. The summed E-state index contributed by atoms with van der Waals surface area (Å²) in [7, 11) is -2.16. The molecule has 0 aliphatic heterocycles. The van der Waals surface area contributed by atoms with Gasteiger partial charge in [0.25, 0.3) is 10.0 Å². The Morgan fingerprint density at radius 1 is 1.42 bits per heavy atom. The molecule has 2 N–H and O–H groups in total. The molecule has 0 saturated heterocycles. The van der Waals surface area contributed by atoms with Crippen LogP contribution in [0.4, 0.5) is 5.69 Å². The van der Waals surface area contributed by atoms with Crippen LogP contribution in [-0.4, -0.2) is 23.1 Å². The Morgan fingerprint density at radius 2 is 2.11 bits per heavy atom. The molecule has 2 rings (SSSR count). The number of phenols is 1. The van der Waals surface area contributed by atoms with Crippen LogP contribution in [0.25, 0.3) is 0 Å². The number of hydrogen-bond donors (Lipinski definition) is 2. The largest absolute Gasteiger partial charge is 0.504 e. The highest BCUT2D eigenvalue weighted by Gasteiger charge is 2.20. The number of phenolic OH excluding ortho intramolecular Hbond substituents is 1. The fourth-order valence-electron chi connectivity index (χ4n) is 1.45. The fraction of sp³-hybridized carbons (Fsp3) is 0.182. The lowest BCUT2D eigenvalue weighted by molar-refractivity contribution is 0.478. The molecule has 0 saturated carbocycles. The molecule has 0 unspecified atom stereocenters. The number of para-hydroxylation sites is 1. The molecule has 1 heterocycles. The molecule has 1 aromatic carbocycles. The third kappa shape index (κ3) is 2.66. The van der Waals surface area contributed by atoms with Crippen LogP contribution in [0.5, 0.6) is 5.75 Å². The molecule has 0 spiro atoms. The number of benzene rings is 1. The van der Waals surface area contributed by atoms with Crippen molar-refractivity contribution in [1.29, 1.82) is 0 Å². The quantitative estimate of drug-likeness (QED) is 0.848. The molecule has 0 radical (unpaired) electrons. The highest BCUT2D eigenvalue weighted by molar-refractivity contribution is 7.92. The molecular formula is C11H12ClN3O3S. The predicted octanol–water partition coefficient (Wildman–Crippen LogP) is 1.89. The molecule has 2 aromatic rings. The first kappa shape index (κ1) is 13.7. The van der Waals surface area contributed by atoms with Gasteiger partial charge in [-0.2, -0.15) is 8.42 Å². The third-order valence-corrected chi connectivity index (χ3v) is 4.13. The lowest BCUT2D eigenvalue weighted by Crippen LogP contribution is -2.13. The van der Waals surface area contributed by atoms with Crippen LogP contribution in [-0.2, 0) is 17.1 Å². The Balaban J connectivity index is 2.39. The van der Waals surface area contributed by atoms with Crippen molar-refractivity contribution in [3.05, 3.63) is 35.2 Å². The predicted molar refractivity (Wildman–Crippen MR) is 71.9 cm³/mol. The fourth-order valence-corrected chi connectivity index (χ4v) is 2.73. The van der Waals surface area contributed by atoms with Crippen molar-refractivity contribution in [2.24, 2.45) is 7.05 Å². The van der Waals surface area contributed by atoms with E-state index in [1.165, 1.54) is 24.4 Å². The zero-order valence-corrected chi connectivity index (χ0v) is 11.8. The first-order chi connectivity index (χ1) is 8.81. The Hall–Kier alpha value is -1.73. The molecule has 6 nitrogen and oxygen atoms in total. The van der Waals surface area contributed by atoms with E-state index >= 15 is 0 Å². The second kappa shape index (κ2) is 4.75. The van der Waals surface area contributed by atoms with Gasteiger partial charge in [-0.25, -0.2) is 4.98 Å². The van der Waals surface area contributed by atoms with Gasteiger partial charge in [0.2, 0.25) is 0 Å². The van der Waals surface area contributed by atoms with E-state index in [0.717, 1.165) is 0 Å². The molecule has 0 fully saturated rings. The lowest BCUT2D eigenvalue weighted by Gasteiger charge is -2.08. The summed E-state index contributed by atoms with van der Waals surface area (Å²) < 4.78 is 28.0. The zero-order chi connectivity index (χ0) is 14.2. The van der Waals surface area contributed by atoms with E-state index in [2.05, 4.69) is 9.71 Å². The van der Waals surface area contributed by atoms with Crippen LogP contribution in [0.1, 0.15) is 5.82 Å². The Kier molecular flexibility index (Phi) is 3.42. The van der Waals surface area contributed by atoms with Gasteiger partial charge in [0.15, 0.2) is 10.8 Å². The van der Waals surface area contributed by atoms with Gasteiger partial charge < -0.3 is 9.67 Å². The Bertz CT molecular complexity index is 705. The first-order valence-electron chi connectivity index (χ1n) is 5.31. The van der Waals surface area contributed by atoms with E-state index in [4.69, 9.17) is 11.6 Å². The van der Waals surface area contributed by atoms with Crippen molar-refractivity contribution in [2.45, 2.75) is 11.9 Å². The average Bonchev–Trinajstić information content (AvgIpc) is 2.66. The number of anilines is 1. The number of rotatable bonds is 3. The summed E-state index contributed by atoms with van der Waals surface area (Å²) in [6.07, 6.45) is 1.39. The number of halogens is 1. The van der Waals surface area contributed by atoms with E-state index in [0.29, 0.717) is 5.82 Å². The minimum atomic E-state index is -3.85. The van der Waals surface area contributed by atoms with E-state index in [9.17, 15) is 13.5 Å². The molecule has 1 aromatic heterocycles. The number of imidazole rings is 1. The van der Waals surface area contributed by atoms with Crippen LogP contribution in [0.3, 0.4) is 0 Å². The monoisotopic (exact) mass is 301 g/mol. The maximum atomic E-state index is 12.1. The topological polar surface area (TPSA) is 84.2 Å². The second-order valence-electron chi connectivity index (χ2n) is 3.98. The number of aromatic hydroxyl groups is 1. The van der Waals surface area contributed by atoms with E-state index in [-0.39, 0.29) is 21.5 Å². The highest BCUT2D eigenvalue weighted by atomic mass is 35.5. The summed E-state index contributed by atoms with van der Waals surface area (Å²) in [4.78, 5) is 3.93. The van der Waals surface area contributed by atoms with Gasteiger partial charge in [0, 0.05) is 13.2 Å². The SMILES string of the molecule is Cc1nc(S(=O)(=O)Nc2cccc(Cl)c2O)cn1C. The summed E-state index contributed by atoms with van der Waals surface area (Å²) in [5, 5.41) is 9.63. The van der Waals surface area contributed by atoms with Crippen molar-refractivity contribution in [1.82, 2.24) is 9.55 Å². The van der Waals surface area contributed by atoms with Gasteiger partial charge in [0.05, 0.1) is 10.7 Å². The zero-order valence-electron chi connectivity index (χ0n) is 10.3. The van der Waals surface area contributed by atoms with Crippen LogP contribution in [0.2, 0.25) is 5.02 Å². The van der Waals surface area contributed by atoms with Gasteiger partial charge in [-0.15, -0.1) is 0 Å². The van der Waals surface area contributed by atoms with Crippen LogP contribution in [0.15, 0.2) is 29.4 Å². The van der Waals surface area contributed by atoms with Crippen molar-refractivity contribution >= 4 is 27.3 Å². The summed E-state index contributed by atoms with van der Waals surface area (Å²) in [5.74, 6) is 0.246. The minimum Gasteiger partial charge on any atom is -0.504 e. The highest BCUT2D eigenvalue weighted by Crippen LogP contribution is 2.32. The normalized spacial score (nSPS) is 11.5. The number of aryl methyl sites for hydroxylation is 2. The van der Waals surface area contributed by atoms with Crippen molar-refractivity contribution in [3.63, 3.8) is 0 Å². The minimum absolute atomic E-state index is 0.0100. The molecule has 0 aliphatic carbocycles. The Labute approximate surface area is 115 Å². The first-order valence-corrected chi connectivity index (χ1v) is 7.17. The summed E-state index contributed by atoms with van der Waals surface area (Å²) in [6, 6.07) is 4.40. The molecular weight excluding hydrogens is 290 g/mol. The summed E-state index contributed by atoms with van der Waals surface area (Å²) in [5.41, 5.74) is 0.0100. The number of hydrogen-bond acceptors (Lipinski definition) is 4. The van der Waals surface area contributed by atoms with Crippen molar-refractivity contribution < 1.29 is 13.5 Å². The Morgan fingerprint density at radius 3 is 2.68 bits per heavy atom. The average molecular weight is 302 g/mol. The molecule has 0 aliphatic rings. The van der Waals surface area contributed by atoms with Crippen LogP contribution >= 0.6 is 11.6 Å². The third-order valence-electron chi connectivity index (χ3n) is 2.59. The van der Waals surface area contributed by atoms with E-state index in [1.807, 2.05) is 0 Å². The molecule has 8 heteroatoms. The lowest BCUT2D eigenvalue weighted by atomic mass is 10.3. The smallest absolute Gasteiger partial charge is 0.281 e. The van der Waals surface area contributed by atoms with Crippen LogP contribution < -0.4 is 4.72 Å². The number of sulfonamides is 1.